The van der Waals surface area contributed by atoms with Gasteiger partial charge < -0.3 is 0 Å². The van der Waals surface area contributed by atoms with E-state index < -0.39 is 0 Å². The van der Waals surface area contributed by atoms with Crippen molar-refractivity contribution in [1.82, 2.24) is 9.38 Å². The predicted molar refractivity (Wildman–Crippen MR) is 197 cm³/mol. The standard InChI is InChI=1S/C44H36N2/c1-30(2)24-36(25-31(3)4)38-27-37(28-39(29-38)41-21-13-17-32-14-8-9-20-40(32)41)34-18-12-19-35(26-34)44-43(33-15-6-5-7-16-33)45-42-22-10-11-23-46(42)44/h5-29H,1H2,2-4H3/b36-24+. The Balaban J connectivity index is 1.46. The quantitative estimate of drug-likeness (QED) is 0.168. The summed E-state index contributed by atoms with van der Waals surface area (Å²) in [5.74, 6) is 0. The lowest BCUT2D eigenvalue weighted by Crippen LogP contribution is -1.92. The molecule has 2 heteroatoms. The van der Waals surface area contributed by atoms with Gasteiger partial charge in [-0.1, -0.05) is 127 Å². The molecule has 0 N–H and O–H groups in total. The third kappa shape index (κ3) is 5.74. The van der Waals surface area contributed by atoms with Crippen LogP contribution < -0.4 is 0 Å². The number of rotatable bonds is 7. The third-order valence-electron chi connectivity index (χ3n) is 8.26. The lowest BCUT2D eigenvalue weighted by Gasteiger charge is -2.15. The molecule has 0 saturated heterocycles. The highest BCUT2D eigenvalue weighted by Gasteiger charge is 2.17. The molecule has 0 aliphatic heterocycles. The van der Waals surface area contributed by atoms with Crippen LogP contribution in [0.25, 0.3) is 66.8 Å². The van der Waals surface area contributed by atoms with E-state index in [0.29, 0.717) is 0 Å². The molecule has 0 radical (unpaired) electrons. The van der Waals surface area contributed by atoms with Crippen molar-refractivity contribution in [1.29, 1.82) is 0 Å². The van der Waals surface area contributed by atoms with E-state index in [9.17, 15) is 0 Å². The Morgan fingerprint density at radius 1 is 0.609 bits per heavy atom. The number of imidazole rings is 1. The SMILES string of the molecule is C=C(C)/C=C(\C=C(C)C)c1cc(-c2cccc(-c3c(-c4ccccc4)nc4ccccn34)c2)cc(-c2cccc3ccccc23)c1. The molecule has 46 heavy (non-hydrogen) atoms. The molecule has 222 valence electrons. The molecule has 0 unspecified atom stereocenters. The summed E-state index contributed by atoms with van der Waals surface area (Å²) >= 11 is 0. The van der Waals surface area contributed by atoms with Gasteiger partial charge in [0.1, 0.15) is 5.65 Å². The summed E-state index contributed by atoms with van der Waals surface area (Å²) in [6, 6.07) is 47.7. The van der Waals surface area contributed by atoms with E-state index in [4.69, 9.17) is 4.98 Å². The van der Waals surface area contributed by atoms with Gasteiger partial charge >= 0.3 is 0 Å². The molecule has 0 bridgehead atoms. The summed E-state index contributed by atoms with van der Waals surface area (Å²) in [5, 5.41) is 2.48. The van der Waals surface area contributed by atoms with Crippen LogP contribution in [0.3, 0.4) is 0 Å². The molecule has 7 rings (SSSR count). The van der Waals surface area contributed by atoms with E-state index >= 15 is 0 Å². The lowest BCUT2D eigenvalue weighted by molar-refractivity contribution is 1.19. The van der Waals surface area contributed by atoms with E-state index in [-0.39, 0.29) is 0 Å². The molecular formula is C44H36N2. The van der Waals surface area contributed by atoms with Crippen molar-refractivity contribution >= 4 is 22.0 Å². The van der Waals surface area contributed by atoms with E-state index in [1.807, 2.05) is 12.1 Å². The summed E-state index contributed by atoms with van der Waals surface area (Å²) in [6.07, 6.45) is 6.53. The summed E-state index contributed by atoms with van der Waals surface area (Å²) in [5.41, 5.74) is 14.5. The van der Waals surface area contributed by atoms with Gasteiger partial charge in [0.25, 0.3) is 0 Å². The van der Waals surface area contributed by atoms with Crippen LogP contribution in [-0.4, -0.2) is 9.38 Å². The van der Waals surface area contributed by atoms with Gasteiger partial charge in [-0.2, -0.15) is 0 Å². The van der Waals surface area contributed by atoms with Crippen LogP contribution in [0.5, 0.6) is 0 Å². The Labute approximate surface area is 271 Å². The van der Waals surface area contributed by atoms with Crippen molar-refractivity contribution in [2.45, 2.75) is 20.8 Å². The number of allylic oxidation sites excluding steroid dienone is 5. The molecule has 2 aromatic heterocycles. The zero-order valence-corrected chi connectivity index (χ0v) is 26.5. The van der Waals surface area contributed by atoms with Crippen molar-refractivity contribution in [2.75, 3.05) is 0 Å². The fourth-order valence-electron chi connectivity index (χ4n) is 6.29. The summed E-state index contributed by atoms with van der Waals surface area (Å²) < 4.78 is 2.20. The van der Waals surface area contributed by atoms with Crippen LogP contribution in [0.1, 0.15) is 26.3 Å². The minimum atomic E-state index is 0.929. The minimum absolute atomic E-state index is 0.929. The van der Waals surface area contributed by atoms with E-state index in [1.54, 1.807) is 0 Å². The van der Waals surface area contributed by atoms with E-state index in [0.717, 1.165) is 56.0 Å². The smallest absolute Gasteiger partial charge is 0.137 e. The van der Waals surface area contributed by atoms with Crippen LogP contribution in [0.2, 0.25) is 0 Å². The molecule has 0 aliphatic rings. The first-order valence-electron chi connectivity index (χ1n) is 15.7. The Morgan fingerprint density at radius 3 is 2.11 bits per heavy atom. The van der Waals surface area contributed by atoms with Crippen molar-refractivity contribution in [3.63, 3.8) is 0 Å². The number of benzene rings is 5. The van der Waals surface area contributed by atoms with Crippen molar-refractivity contribution in [2.24, 2.45) is 0 Å². The van der Waals surface area contributed by atoms with Gasteiger partial charge in [-0.15, -0.1) is 0 Å². The predicted octanol–water partition coefficient (Wildman–Crippen LogP) is 12.1. The number of pyridine rings is 1. The zero-order chi connectivity index (χ0) is 31.6. The molecule has 0 saturated carbocycles. The molecule has 0 atom stereocenters. The topological polar surface area (TPSA) is 17.3 Å². The maximum absolute atomic E-state index is 5.08. The van der Waals surface area contributed by atoms with E-state index in [1.165, 1.54) is 27.5 Å². The maximum Gasteiger partial charge on any atom is 0.137 e. The van der Waals surface area contributed by atoms with Crippen molar-refractivity contribution in [3.05, 3.63) is 175 Å². The second kappa shape index (κ2) is 12.3. The second-order valence-corrected chi connectivity index (χ2v) is 12.2. The highest BCUT2D eigenvalue weighted by atomic mass is 15.0. The van der Waals surface area contributed by atoms with Crippen molar-refractivity contribution < 1.29 is 0 Å². The largest absolute Gasteiger partial charge is 0.299 e. The van der Waals surface area contributed by atoms with Gasteiger partial charge in [-0.05, 0) is 101 Å². The van der Waals surface area contributed by atoms with Gasteiger partial charge in [0.15, 0.2) is 0 Å². The van der Waals surface area contributed by atoms with Gasteiger partial charge in [0.05, 0.1) is 11.4 Å². The monoisotopic (exact) mass is 592 g/mol. The Bertz CT molecular complexity index is 2290. The Hall–Kier alpha value is -5.73. The normalized spacial score (nSPS) is 11.6. The maximum atomic E-state index is 5.08. The number of hydrogen-bond donors (Lipinski definition) is 0. The van der Waals surface area contributed by atoms with Crippen molar-refractivity contribution in [3.8, 4) is 44.8 Å². The minimum Gasteiger partial charge on any atom is -0.299 e. The first-order chi connectivity index (χ1) is 22.4. The molecule has 2 heterocycles. The lowest BCUT2D eigenvalue weighted by atomic mass is 9.89. The molecule has 0 fully saturated rings. The molecule has 0 amide bonds. The first-order valence-corrected chi connectivity index (χ1v) is 15.7. The molecule has 5 aromatic carbocycles. The summed E-state index contributed by atoms with van der Waals surface area (Å²) in [7, 11) is 0. The molecule has 7 aromatic rings. The molecular weight excluding hydrogens is 556 g/mol. The van der Waals surface area contributed by atoms with Crippen LogP contribution in [-0.2, 0) is 0 Å². The second-order valence-electron chi connectivity index (χ2n) is 12.2. The van der Waals surface area contributed by atoms with Gasteiger partial charge in [0.2, 0.25) is 0 Å². The number of aromatic nitrogens is 2. The fraction of sp³-hybridized carbons (Fsp3) is 0.0682. The summed E-state index contributed by atoms with van der Waals surface area (Å²) in [6.45, 7) is 10.6. The Kier molecular flexibility index (Phi) is 7.78. The van der Waals surface area contributed by atoms with Crippen LogP contribution in [0.4, 0.5) is 0 Å². The third-order valence-corrected chi connectivity index (χ3v) is 8.26. The first kappa shape index (κ1) is 29.0. The van der Waals surface area contributed by atoms with Crippen LogP contribution in [0.15, 0.2) is 170 Å². The Morgan fingerprint density at radius 2 is 1.28 bits per heavy atom. The van der Waals surface area contributed by atoms with Gasteiger partial charge in [0, 0.05) is 17.3 Å². The van der Waals surface area contributed by atoms with Gasteiger partial charge in [-0.25, -0.2) is 4.98 Å². The summed E-state index contributed by atoms with van der Waals surface area (Å²) in [4.78, 5) is 5.08. The number of hydrogen-bond acceptors (Lipinski definition) is 1. The highest BCUT2D eigenvalue weighted by Crippen LogP contribution is 2.38. The fourth-order valence-corrected chi connectivity index (χ4v) is 6.29. The zero-order valence-electron chi connectivity index (χ0n) is 26.5. The highest BCUT2D eigenvalue weighted by molar-refractivity contribution is 5.98. The van der Waals surface area contributed by atoms with Gasteiger partial charge in [-0.3, -0.25) is 4.40 Å². The average molecular weight is 593 g/mol. The molecule has 0 aliphatic carbocycles. The molecule has 2 nitrogen and oxygen atoms in total. The number of fused-ring (bicyclic) bond motifs is 2. The van der Waals surface area contributed by atoms with E-state index in [2.05, 4.69) is 171 Å². The molecule has 0 spiro atoms. The van der Waals surface area contributed by atoms with Crippen LogP contribution in [0, 0.1) is 0 Å². The average Bonchev–Trinajstić information content (AvgIpc) is 3.47. The van der Waals surface area contributed by atoms with Crippen LogP contribution >= 0.6 is 0 Å². The number of nitrogens with zero attached hydrogens (tertiary/aromatic N) is 2.